The molecule has 5 heteroatoms. The van der Waals surface area contributed by atoms with E-state index >= 15 is 0 Å². The third kappa shape index (κ3) is 2.41. The van der Waals surface area contributed by atoms with Crippen molar-refractivity contribution in [1.82, 2.24) is 9.97 Å². The van der Waals surface area contributed by atoms with Gasteiger partial charge < -0.3 is 10.5 Å². The molecule has 4 nitrogen and oxygen atoms in total. The maximum atomic E-state index is 5.79. The van der Waals surface area contributed by atoms with E-state index in [4.69, 9.17) is 22.1 Å². The van der Waals surface area contributed by atoms with Crippen molar-refractivity contribution in [2.45, 2.75) is 6.92 Å². The van der Waals surface area contributed by atoms with Crippen LogP contribution in [0.5, 0.6) is 11.6 Å². The van der Waals surface area contributed by atoms with Gasteiger partial charge in [-0.05, 0) is 13.0 Å². The molecular formula is C11H10ClN3O. The monoisotopic (exact) mass is 235 g/mol. The van der Waals surface area contributed by atoms with Gasteiger partial charge in [-0.25, -0.2) is 4.98 Å². The highest BCUT2D eigenvalue weighted by Gasteiger charge is 2.04. The number of nitrogens with two attached hydrogens (primary N) is 1. The largest absolute Gasteiger partial charge is 0.437 e. The number of aryl methyl sites for hydroxylation is 1. The van der Waals surface area contributed by atoms with Crippen LogP contribution in [0, 0.1) is 6.92 Å². The number of halogens is 1. The number of anilines is 1. The second kappa shape index (κ2) is 4.37. The van der Waals surface area contributed by atoms with E-state index in [1.165, 1.54) is 6.20 Å². The summed E-state index contributed by atoms with van der Waals surface area (Å²) in [5, 5.41) is 0.519. The van der Waals surface area contributed by atoms with Gasteiger partial charge in [-0.3, -0.25) is 4.98 Å². The fourth-order valence-corrected chi connectivity index (χ4v) is 1.41. The highest BCUT2D eigenvalue weighted by atomic mass is 35.5. The average Bonchev–Trinajstić information content (AvgIpc) is 2.22. The molecule has 2 aromatic rings. The van der Waals surface area contributed by atoms with E-state index in [0.29, 0.717) is 22.3 Å². The Kier molecular flexibility index (Phi) is 2.92. The predicted molar refractivity (Wildman–Crippen MR) is 62.7 cm³/mol. The summed E-state index contributed by atoms with van der Waals surface area (Å²) in [6.45, 7) is 1.87. The predicted octanol–water partition coefficient (Wildman–Crippen LogP) is 2.81. The smallest absolute Gasteiger partial charge is 0.222 e. The summed E-state index contributed by atoms with van der Waals surface area (Å²) in [4.78, 5) is 8.00. The molecule has 2 aromatic heterocycles. The molecule has 0 aliphatic carbocycles. The quantitative estimate of drug-likeness (QED) is 0.870. The van der Waals surface area contributed by atoms with E-state index in [9.17, 15) is 0 Å². The van der Waals surface area contributed by atoms with Crippen molar-refractivity contribution in [3.05, 3.63) is 41.3 Å². The van der Waals surface area contributed by atoms with Crippen LogP contribution in [0.1, 0.15) is 5.56 Å². The lowest BCUT2D eigenvalue weighted by Crippen LogP contribution is -1.94. The zero-order chi connectivity index (χ0) is 11.5. The average molecular weight is 236 g/mol. The number of nitrogen functional groups attached to an aromatic ring is 1. The van der Waals surface area contributed by atoms with Crippen LogP contribution < -0.4 is 10.5 Å². The van der Waals surface area contributed by atoms with Crippen LogP contribution >= 0.6 is 11.6 Å². The Balaban J connectivity index is 2.27. The molecule has 0 radical (unpaired) electrons. The van der Waals surface area contributed by atoms with Crippen molar-refractivity contribution in [3.63, 3.8) is 0 Å². The van der Waals surface area contributed by atoms with Gasteiger partial charge in [0.2, 0.25) is 5.88 Å². The molecule has 0 aromatic carbocycles. The van der Waals surface area contributed by atoms with Crippen LogP contribution in [0.4, 0.5) is 5.69 Å². The summed E-state index contributed by atoms with van der Waals surface area (Å²) in [5.74, 6) is 1.05. The number of nitrogens with zero attached hydrogens (tertiary/aromatic N) is 2. The molecule has 0 fully saturated rings. The molecular weight excluding hydrogens is 226 g/mol. The number of rotatable bonds is 2. The molecule has 0 spiro atoms. The Bertz CT molecular complexity index is 516. The lowest BCUT2D eigenvalue weighted by Gasteiger charge is -2.07. The van der Waals surface area contributed by atoms with E-state index in [-0.39, 0.29) is 0 Å². The Hall–Kier alpha value is -1.81. The van der Waals surface area contributed by atoms with E-state index in [1.54, 1.807) is 24.5 Å². The molecule has 0 saturated heterocycles. The molecule has 0 atom stereocenters. The number of hydrogen-bond acceptors (Lipinski definition) is 4. The first-order chi connectivity index (χ1) is 7.65. The Labute approximate surface area is 98.0 Å². The van der Waals surface area contributed by atoms with Crippen LogP contribution in [0.2, 0.25) is 5.02 Å². The molecule has 16 heavy (non-hydrogen) atoms. The van der Waals surface area contributed by atoms with Crippen LogP contribution in [0.3, 0.4) is 0 Å². The van der Waals surface area contributed by atoms with Crippen molar-refractivity contribution in [2.24, 2.45) is 0 Å². The fraction of sp³-hybridized carbons (Fsp3) is 0.0909. The van der Waals surface area contributed by atoms with Crippen LogP contribution in [0.15, 0.2) is 30.7 Å². The third-order valence-corrected chi connectivity index (χ3v) is 2.15. The molecule has 0 aliphatic rings. The normalized spacial score (nSPS) is 10.1. The maximum absolute atomic E-state index is 5.79. The Morgan fingerprint density at radius 1 is 1.25 bits per heavy atom. The molecule has 0 bridgehead atoms. The minimum atomic E-state index is 0.498. The summed E-state index contributed by atoms with van der Waals surface area (Å²) >= 11 is 5.79. The highest BCUT2D eigenvalue weighted by Crippen LogP contribution is 2.24. The zero-order valence-corrected chi connectivity index (χ0v) is 9.40. The van der Waals surface area contributed by atoms with Gasteiger partial charge in [0.25, 0.3) is 0 Å². The first-order valence-electron chi connectivity index (χ1n) is 4.65. The van der Waals surface area contributed by atoms with E-state index in [1.807, 2.05) is 6.92 Å². The van der Waals surface area contributed by atoms with Gasteiger partial charge in [0.15, 0.2) is 0 Å². The molecule has 2 heterocycles. The molecule has 0 amide bonds. The summed E-state index contributed by atoms with van der Waals surface area (Å²) in [6.07, 6.45) is 4.65. The first-order valence-corrected chi connectivity index (χ1v) is 5.03. The lowest BCUT2D eigenvalue weighted by atomic mass is 10.3. The molecule has 2 N–H and O–H groups in total. The molecule has 0 saturated carbocycles. The fourth-order valence-electron chi connectivity index (χ4n) is 1.25. The minimum absolute atomic E-state index is 0.498. The topological polar surface area (TPSA) is 61.0 Å². The molecule has 2 rings (SSSR count). The van der Waals surface area contributed by atoms with Gasteiger partial charge in [-0.1, -0.05) is 11.6 Å². The Morgan fingerprint density at radius 3 is 2.75 bits per heavy atom. The number of aromatic nitrogens is 2. The van der Waals surface area contributed by atoms with Crippen LogP contribution in [-0.2, 0) is 0 Å². The Morgan fingerprint density at radius 2 is 2.06 bits per heavy atom. The third-order valence-electron chi connectivity index (χ3n) is 1.95. The second-order valence-electron chi connectivity index (χ2n) is 3.33. The maximum Gasteiger partial charge on any atom is 0.222 e. The summed E-state index contributed by atoms with van der Waals surface area (Å²) in [5.41, 5.74) is 7.06. The van der Waals surface area contributed by atoms with Gasteiger partial charge in [-0.15, -0.1) is 0 Å². The number of hydrogen-bond donors (Lipinski definition) is 1. The van der Waals surface area contributed by atoms with Crippen LogP contribution in [0.25, 0.3) is 0 Å². The van der Waals surface area contributed by atoms with Gasteiger partial charge in [-0.2, -0.15) is 0 Å². The lowest BCUT2D eigenvalue weighted by molar-refractivity contribution is 0.457. The van der Waals surface area contributed by atoms with E-state index < -0.39 is 0 Å². The van der Waals surface area contributed by atoms with Gasteiger partial charge >= 0.3 is 0 Å². The van der Waals surface area contributed by atoms with Crippen molar-refractivity contribution in [3.8, 4) is 11.6 Å². The number of ether oxygens (including phenoxy) is 1. The first kappa shape index (κ1) is 10.7. The van der Waals surface area contributed by atoms with Crippen molar-refractivity contribution >= 4 is 17.3 Å². The van der Waals surface area contributed by atoms with E-state index in [0.717, 1.165) is 5.56 Å². The van der Waals surface area contributed by atoms with Gasteiger partial charge in [0.05, 0.1) is 23.1 Å². The standard InChI is InChI=1S/C11H10ClN3O/c1-7-2-9(13)5-15-11(7)16-10-3-8(12)4-14-6-10/h2-6H,13H2,1H3. The van der Waals surface area contributed by atoms with Crippen molar-refractivity contribution in [2.75, 3.05) is 5.73 Å². The van der Waals surface area contributed by atoms with Crippen molar-refractivity contribution in [1.29, 1.82) is 0 Å². The highest BCUT2D eigenvalue weighted by molar-refractivity contribution is 6.30. The summed E-state index contributed by atoms with van der Waals surface area (Å²) in [7, 11) is 0. The summed E-state index contributed by atoms with van der Waals surface area (Å²) < 4.78 is 5.53. The molecule has 0 aliphatic heterocycles. The summed E-state index contributed by atoms with van der Waals surface area (Å²) in [6, 6.07) is 3.46. The minimum Gasteiger partial charge on any atom is -0.437 e. The second-order valence-corrected chi connectivity index (χ2v) is 3.77. The molecule has 0 unspecified atom stereocenters. The van der Waals surface area contributed by atoms with Crippen LogP contribution in [-0.4, -0.2) is 9.97 Å². The van der Waals surface area contributed by atoms with Crippen molar-refractivity contribution < 1.29 is 4.74 Å². The SMILES string of the molecule is Cc1cc(N)cnc1Oc1cncc(Cl)c1. The zero-order valence-electron chi connectivity index (χ0n) is 8.64. The van der Waals surface area contributed by atoms with Gasteiger partial charge in [0.1, 0.15) is 5.75 Å². The van der Waals surface area contributed by atoms with Gasteiger partial charge in [0, 0.05) is 17.8 Å². The molecule has 82 valence electrons. The number of pyridine rings is 2. The van der Waals surface area contributed by atoms with E-state index in [2.05, 4.69) is 9.97 Å².